The van der Waals surface area contributed by atoms with Crippen molar-refractivity contribution in [1.29, 1.82) is 0 Å². The highest BCUT2D eigenvalue weighted by Gasteiger charge is 2.42. The summed E-state index contributed by atoms with van der Waals surface area (Å²) in [6.07, 6.45) is -1.68. The molecule has 1 aliphatic heterocycles. The third-order valence-electron chi connectivity index (χ3n) is 4.39. The molecule has 152 valence electrons. The predicted molar refractivity (Wildman–Crippen MR) is 107 cm³/mol. The minimum absolute atomic E-state index is 0.119. The number of anilines is 2. The lowest BCUT2D eigenvalue weighted by Crippen LogP contribution is -2.54. The average molecular weight is 439 g/mol. The van der Waals surface area contributed by atoms with E-state index in [0.717, 1.165) is 33.3 Å². The summed E-state index contributed by atoms with van der Waals surface area (Å²) < 4.78 is 46.9. The van der Waals surface area contributed by atoms with Gasteiger partial charge in [-0.25, -0.2) is 19.7 Å². The van der Waals surface area contributed by atoms with Crippen LogP contribution in [-0.2, 0) is 16.5 Å². The van der Waals surface area contributed by atoms with Gasteiger partial charge < -0.3 is 10.1 Å². The summed E-state index contributed by atoms with van der Waals surface area (Å²) in [6.45, 7) is 2.90. The second kappa shape index (κ2) is 7.56. The number of hydrogen-bond donors (Lipinski definition) is 3. The molecule has 2 N–H and O–H groups in total. The molecule has 0 radical (unpaired) electrons. The summed E-state index contributed by atoms with van der Waals surface area (Å²) in [5.74, 6) is -0.119. The molecule has 0 amide bonds. The molecule has 0 bridgehead atoms. The number of thiol groups is 1. The smallest absolute Gasteiger partial charge is 0.376 e. The van der Waals surface area contributed by atoms with Crippen LogP contribution in [0.25, 0.3) is 10.4 Å². The molecule has 3 aromatic rings. The Balaban J connectivity index is 1.61. The van der Waals surface area contributed by atoms with Crippen molar-refractivity contribution in [2.75, 3.05) is 18.5 Å². The Morgan fingerprint density at radius 1 is 1.21 bits per heavy atom. The van der Waals surface area contributed by atoms with Crippen molar-refractivity contribution in [1.82, 2.24) is 19.7 Å². The minimum atomic E-state index is -4.53. The third-order valence-corrected chi connectivity index (χ3v) is 6.07. The fourth-order valence-electron chi connectivity index (χ4n) is 2.87. The fraction of sp³-hybridized carbons (Fsp3) is 0.278. The summed E-state index contributed by atoms with van der Waals surface area (Å²) in [6, 6.07) is 6.45. The quantitative estimate of drug-likeness (QED) is 0.514. The number of alkyl halides is 3. The zero-order valence-electron chi connectivity index (χ0n) is 15.1. The van der Waals surface area contributed by atoms with Crippen LogP contribution in [0.2, 0.25) is 0 Å². The van der Waals surface area contributed by atoms with Gasteiger partial charge in [-0.3, -0.25) is 0 Å². The number of nitrogens with zero attached hydrogens (tertiary/aromatic N) is 3. The first-order valence-electron chi connectivity index (χ1n) is 8.54. The van der Waals surface area contributed by atoms with Crippen LogP contribution < -0.4 is 10.0 Å². The molecule has 3 heterocycles. The predicted octanol–water partition coefficient (Wildman–Crippen LogP) is 4.33. The molecule has 2 aromatic heterocycles. The minimum Gasteiger partial charge on any atom is -0.376 e. The van der Waals surface area contributed by atoms with Crippen molar-refractivity contribution < 1.29 is 17.9 Å². The molecule has 0 unspecified atom stereocenters. The molecule has 1 saturated heterocycles. The molecule has 0 spiro atoms. The molecular formula is C18H16F3N5OS2. The SMILES string of the molecule is Cc1cc(Nc2nccc(C(F)(F)F)n2)cc(-c2cnc(C3(NS)COC3)s2)c1. The van der Waals surface area contributed by atoms with Crippen LogP contribution in [0.4, 0.5) is 24.8 Å². The molecule has 6 nitrogen and oxygen atoms in total. The van der Waals surface area contributed by atoms with Gasteiger partial charge in [0.25, 0.3) is 0 Å². The van der Waals surface area contributed by atoms with E-state index < -0.39 is 11.9 Å². The Kier molecular flexibility index (Phi) is 5.23. The maximum Gasteiger partial charge on any atom is 0.433 e. The van der Waals surface area contributed by atoms with Gasteiger partial charge in [-0.15, -0.1) is 11.3 Å². The zero-order chi connectivity index (χ0) is 20.6. The van der Waals surface area contributed by atoms with E-state index in [4.69, 9.17) is 4.74 Å². The molecule has 1 aromatic carbocycles. The van der Waals surface area contributed by atoms with E-state index >= 15 is 0 Å². The number of ether oxygens (including phenoxy) is 1. The van der Waals surface area contributed by atoms with Crippen LogP contribution in [-0.4, -0.2) is 28.2 Å². The molecule has 11 heteroatoms. The van der Waals surface area contributed by atoms with E-state index in [2.05, 4.69) is 37.8 Å². The Morgan fingerprint density at radius 3 is 2.66 bits per heavy atom. The van der Waals surface area contributed by atoms with Gasteiger partial charge in [-0.2, -0.15) is 13.2 Å². The van der Waals surface area contributed by atoms with Gasteiger partial charge in [0.05, 0.1) is 18.1 Å². The number of aryl methyl sites for hydroxylation is 1. The molecule has 1 fully saturated rings. The van der Waals surface area contributed by atoms with Crippen LogP contribution in [0.15, 0.2) is 36.7 Å². The third kappa shape index (κ3) is 4.08. The summed E-state index contributed by atoms with van der Waals surface area (Å²) >= 11 is 5.70. The highest BCUT2D eigenvalue weighted by molar-refractivity contribution is 7.78. The zero-order valence-corrected chi connectivity index (χ0v) is 16.8. The summed E-state index contributed by atoms with van der Waals surface area (Å²) in [5.41, 5.74) is 1.02. The van der Waals surface area contributed by atoms with Gasteiger partial charge in [0.1, 0.15) is 16.2 Å². The monoisotopic (exact) mass is 439 g/mol. The largest absolute Gasteiger partial charge is 0.433 e. The standard InChI is InChI=1S/C18H16F3N5OS2/c1-10-4-11(13-7-23-15(29-13)17(26-28)8-27-9-17)6-12(5-10)24-16-22-3-2-14(25-16)18(19,20)21/h2-7,26,28H,8-9H2,1H3,(H,22,24,25). The number of aromatic nitrogens is 3. The lowest BCUT2D eigenvalue weighted by atomic mass is 10.0. The highest BCUT2D eigenvalue weighted by Crippen LogP contribution is 2.37. The first-order chi connectivity index (χ1) is 13.8. The fourth-order valence-corrected chi connectivity index (χ4v) is 4.20. The van der Waals surface area contributed by atoms with Crippen LogP contribution in [0, 0.1) is 6.92 Å². The van der Waals surface area contributed by atoms with Crippen molar-refractivity contribution in [3.05, 3.63) is 52.9 Å². The van der Waals surface area contributed by atoms with Crippen molar-refractivity contribution in [3.8, 4) is 10.4 Å². The maximum absolute atomic E-state index is 12.9. The van der Waals surface area contributed by atoms with Gasteiger partial charge >= 0.3 is 6.18 Å². The number of halogens is 3. The first kappa shape index (κ1) is 20.1. The van der Waals surface area contributed by atoms with Crippen LogP contribution in [0.3, 0.4) is 0 Å². The van der Waals surface area contributed by atoms with Crippen molar-refractivity contribution >= 4 is 35.8 Å². The van der Waals surface area contributed by atoms with Gasteiger partial charge in [0, 0.05) is 18.1 Å². The number of nitrogens with one attached hydrogen (secondary N) is 2. The van der Waals surface area contributed by atoms with Crippen molar-refractivity contribution in [2.24, 2.45) is 0 Å². The summed E-state index contributed by atoms with van der Waals surface area (Å²) in [7, 11) is 0. The normalized spacial score (nSPS) is 15.8. The van der Waals surface area contributed by atoms with E-state index in [0.29, 0.717) is 18.9 Å². The number of rotatable bonds is 5. The van der Waals surface area contributed by atoms with Gasteiger partial charge in [0.15, 0.2) is 0 Å². The first-order valence-corrected chi connectivity index (χ1v) is 9.80. The number of benzene rings is 1. The summed E-state index contributed by atoms with van der Waals surface area (Å²) in [4.78, 5) is 12.9. The van der Waals surface area contributed by atoms with E-state index in [9.17, 15) is 13.2 Å². The van der Waals surface area contributed by atoms with E-state index in [-0.39, 0.29) is 11.5 Å². The lowest BCUT2D eigenvalue weighted by molar-refractivity contribution is -0.141. The van der Waals surface area contributed by atoms with Crippen LogP contribution in [0.5, 0.6) is 0 Å². The van der Waals surface area contributed by atoms with Gasteiger partial charge in [-0.1, -0.05) is 18.9 Å². The molecular weight excluding hydrogens is 423 g/mol. The molecule has 1 aliphatic rings. The van der Waals surface area contributed by atoms with E-state index in [1.165, 1.54) is 11.3 Å². The highest BCUT2D eigenvalue weighted by atomic mass is 32.1. The van der Waals surface area contributed by atoms with Gasteiger partial charge in [0.2, 0.25) is 5.95 Å². The maximum atomic E-state index is 12.9. The topological polar surface area (TPSA) is 72.0 Å². The summed E-state index contributed by atoms with van der Waals surface area (Å²) in [5, 5.41) is 3.72. The second-order valence-corrected chi connectivity index (χ2v) is 7.95. The molecule has 29 heavy (non-hydrogen) atoms. The van der Waals surface area contributed by atoms with Crippen molar-refractivity contribution in [2.45, 2.75) is 18.6 Å². The van der Waals surface area contributed by atoms with Crippen LogP contribution >= 0.6 is 24.2 Å². The van der Waals surface area contributed by atoms with E-state index in [1.54, 1.807) is 6.20 Å². The molecule has 0 atom stereocenters. The molecule has 0 saturated carbocycles. The van der Waals surface area contributed by atoms with Crippen molar-refractivity contribution in [3.63, 3.8) is 0 Å². The molecule has 0 aliphatic carbocycles. The van der Waals surface area contributed by atoms with E-state index in [1.807, 2.05) is 25.1 Å². The Hall–Kier alpha value is -2.21. The van der Waals surface area contributed by atoms with Crippen LogP contribution in [0.1, 0.15) is 16.3 Å². The second-order valence-electron chi connectivity index (χ2n) is 6.69. The molecule has 4 rings (SSSR count). The lowest BCUT2D eigenvalue weighted by Gasteiger charge is -2.38. The Morgan fingerprint density at radius 2 is 2.00 bits per heavy atom. The van der Waals surface area contributed by atoms with Gasteiger partial charge in [-0.05, 0) is 36.2 Å². The number of thiazole rings is 1. The average Bonchev–Trinajstić information content (AvgIpc) is 3.11. The Bertz CT molecular complexity index is 1030. The Labute approximate surface area is 174 Å². The number of hydrogen-bond acceptors (Lipinski definition) is 8.